The van der Waals surface area contributed by atoms with Crippen LogP contribution in [-0.4, -0.2) is 18.0 Å². The zero-order chi connectivity index (χ0) is 14.1. The van der Waals surface area contributed by atoms with Gasteiger partial charge in [-0.25, -0.2) is 0 Å². The number of carbonyl (C=O) groups is 1. The fourth-order valence-corrected chi connectivity index (χ4v) is 2.32. The summed E-state index contributed by atoms with van der Waals surface area (Å²) in [6.07, 6.45) is 0. The number of para-hydroxylation sites is 1. The number of benzene rings is 2. The van der Waals surface area contributed by atoms with Crippen molar-refractivity contribution < 1.29 is 9.53 Å². The van der Waals surface area contributed by atoms with Crippen molar-refractivity contribution in [3.63, 3.8) is 0 Å². The minimum Gasteiger partial charge on any atom is -0.496 e. The number of nitrogens with one attached hydrogen (secondary N) is 1. The second-order valence-electron chi connectivity index (χ2n) is 4.55. The Kier molecular flexibility index (Phi) is 2.91. The Hall–Kier alpha value is -2.75. The second-order valence-corrected chi connectivity index (χ2v) is 4.55. The topological polar surface area (TPSA) is 68.1 Å². The number of ether oxygens (including phenoxy) is 1. The summed E-state index contributed by atoms with van der Waals surface area (Å²) >= 11 is 0. The van der Waals surface area contributed by atoms with E-state index in [2.05, 4.69) is 4.98 Å². The third-order valence-electron chi connectivity index (χ3n) is 3.30. The molecule has 3 rings (SSSR count). The van der Waals surface area contributed by atoms with E-state index in [1.165, 1.54) is 0 Å². The number of amides is 1. The van der Waals surface area contributed by atoms with Gasteiger partial charge in [-0.15, -0.1) is 0 Å². The highest BCUT2D eigenvalue weighted by Crippen LogP contribution is 2.31. The molecule has 0 aliphatic heterocycles. The van der Waals surface area contributed by atoms with Crippen molar-refractivity contribution in [2.45, 2.75) is 0 Å². The van der Waals surface area contributed by atoms with Crippen LogP contribution in [0.25, 0.3) is 22.0 Å². The Morgan fingerprint density at radius 1 is 1.15 bits per heavy atom. The minimum absolute atomic E-state index is 0.414. The molecular weight excluding hydrogens is 252 g/mol. The summed E-state index contributed by atoms with van der Waals surface area (Å²) in [5, 5.41) is 0.946. The fraction of sp³-hybridized carbons (Fsp3) is 0.0625. The zero-order valence-electron chi connectivity index (χ0n) is 11.0. The number of primary amides is 1. The lowest BCUT2D eigenvalue weighted by atomic mass is 10.0. The standard InChI is InChI=1S/C16H14N2O2/c1-20-15-5-3-2-4-12(15)10-6-7-13-11(8-10)9-14(18-13)16(17)19/h2-9,18H,1H3,(H2,17,19). The molecule has 0 atom stereocenters. The summed E-state index contributed by atoms with van der Waals surface area (Å²) in [5.41, 5.74) is 8.63. The first-order chi connectivity index (χ1) is 9.69. The lowest BCUT2D eigenvalue weighted by molar-refractivity contribution is 0.0996. The van der Waals surface area contributed by atoms with Crippen LogP contribution >= 0.6 is 0 Å². The van der Waals surface area contributed by atoms with Crippen LogP contribution in [0.2, 0.25) is 0 Å². The van der Waals surface area contributed by atoms with Crippen molar-refractivity contribution in [1.29, 1.82) is 0 Å². The van der Waals surface area contributed by atoms with E-state index >= 15 is 0 Å². The van der Waals surface area contributed by atoms with Gasteiger partial charge in [0.2, 0.25) is 0 Å². The number of aromatic nitrogens is 1. The van der Waals surface area contributed by atoms with E-state index in [0.717, 1.165) is 27.8 Å². The smallest absolute Gasteiger partial charge is 0.265 e. The average Bonchev–Trinajstić information content (AvgIpc) is 2.90. The third-order valence-corrected chi connectivity index (χ3v) is 3.30. The number of methoxy groups -OCH3 is 1. The number of carbonyl (C=O) groups excluding carboxylic acids is 1. The summed E-state index contributed by atoms with van der Waals surface area (Å²) < 4.78 is 5.37. The maximum Gasteiger partial charge on any atom is 0.265 e. The molecule has 1 aromatic heterocycles. The predicted octanol–water partition coefficient (Wildman–Crippen LogP) is 2.94. The van der Waals surface area contributed by atoms with E-state index in [-0.39, 0.29) is 0 Å². The Morgan fingerprint density at radius 2 is 1.95 bits per heavy atom. The van der Waals surface area contributed by atoms with Crippen LogP contribution in [0, 0.1) is 0 Å². The van der Waals surface area contributed by atoms with Crippen molar-refractivity contribution in [3.05, 3.63) is 54.2 Å². The molecule has 0 aliphatic rings. The van der Waals surface area contributed by atoms with Gasteiger partial charge in [0, 0.05) is 16.5 Å². The van der Waals surface area contributed by atoms with Crippen molar-refractivity contribution in [2.75, 3.05) is 7.11 Å². The molecule has 2 aromatic carbocycles. The van der Waals surface area contributed by atoms with Crippen molar-refractivity contribution in [1.82, 2.24) is 4.98 Å². The highest BCUT2D eigenvalue weighted by atomic mass is 16.5. The fourth-order valence-electron chi connectivity index (χ4n) is 2.32. The highest BCUT2D eigenvalue weighted by Gasteiger charge is 2.09. The van der Waals surface area contributed by atoms with Gasteiger partial charge in [0.15, 0.2) is 0 Å². The van der Waals surface area contributed by atoms with Crippen molar-refractivity contribution in [2.24, 2.45) is 5.73 Å². The molecule has 3 N–H and O–H groups in total. The average molecular weight is 266 g/mol. The summed E-state index contributed by atoms with van der Waals surface area (Å²) in [6.45, 7) is 0. The summed E-state index contributed by atoms with van der Waals surface area (Å²) in [6, 6.07) is 15.5. The normalized spacial score (nSPS) is 10.7. The first kappa shape index (κ1) is 12.3. The lowest BCUT2D eigenvalue weighted by Crippen LogP contribution is -2.10. The van der Waals surface area contributed by atoms with E-state index in [0.29, 0.717) is 5.69 Å². The molecule has 0 radical (unpaired) electrons. The molecule has 4 nitrogen and oxygen atoms in total. The van der Waals surface area contributed by atoms with E-state index < -0.39 is 5.91 Å². The molecule has 4 heteroatoms. The molecule has 3 aromatic rings. The van der Waals surface area contributed by atoms with Crippen LogP contribution in [-0.2, 0) is 0 Å². The van der Waals surface area contributed by atoms with Crippen molar-refractivity contribution >= 4 is 16.8 Å². The number of hydrogen-bond donors (Lipinski definition) is 2. The molecule has 100 valence electrons. The number of fused-ring (bicyclic) bond motifs is 1. The zero-order valence-corrected chi connectivity index (χ0v) is 11.0. The maximum absolute atomic E-state index is 11.2. The Bertz CT molecular complexity index is 790. The third kappa shape index (κ3) is 2.01. The first-order valence-electron chi connectivity index (χ1n) is 6.25. The molecule has 0 aliphatic carbocycles. The number of H-pyrrole nitrogens is 1. The van der Waals surface area contributed by atoms with Gasteiger partial charge in [0.25, 0.3) is 5.91 Å². The summed E-state index contributed by atoms with van der Waals surface area (Å²) in [7, 11) is 1.65. The van der Waals surface area contributed by atoms with Gasteiger partial charge in [-0.1, -0.05) is 24.3 Å². The van der Waals surface area contributed by atoms with Gasteiger partial charge in [-0.3, -0.25) is 4.79 Å². The molecular formula is C16H14N2O2. The van der Waals surface area contributed by atoms with Crippen LogP contribution in [0.4, 0.5) is 0 Å². The number of aromatic amines is 1. The van der Waals surface area contributed by atoms with Crippen LogP contribution in [0.15, 0.2) is 48.5 Å². The SMILES string of the molecule is COc1ccccc1-c1ccc2[nH]c(C(N)=O)cc2c1. The van der Waals surface area contributed by atoms with Gasteiger partial charge in [-0.05, 0) is 29.8 Å². The van der Waals surface area contributed by atoms with E-state index in [1.54, 1.807) is 13.2 Å². The van der Waals surface area contributed by atoms with Gasteiger partial charge in [0.1, 0.15) is 11.4 Å². The maximum atomic E-state index is 11.2. The molecule has 20 heavy (non-hydrogen) atoms. The molecule has 0 saturated carbocycles. The molecule has 0 fully saturated rings. The van der Waals surface area contributed by atoms with E-state index in [9.17, 15) is 4.79 Å². The van der Waals surface area contributed by atoms with Gasteiger partial charge < -0.3 is 15.5 Å². The highest BCUT2D eigenvalue weighted by molar-refractivity contribution is 5.98. The monoisotopic (exact) mass is 266 g/mol. The number of nitrogens with two attached hydrogens (primary N) is 1. The lowest BCUT2D eigenvalue weighted by Gasteiger charge is -2.08. The molecule has 1 heterocycles. The van der Waals surface area contributed by atoms with Gasteiger partial charge in [0.05, 0.1) is 7.11 Å². The largest absolute Gasteiger partial charge is 0.496 e. The van der Waals surface area contributed by atoms with Crippen LogP contribution in [0.3, 0.4) is 0 Å². The van der Waals surface area contributed by atoms with Crippen molar-refractivity contribution in [3.8, 4) is 16.9 Å². The van der Waals surface area contributed by atoms with Crippen LogP contribution in [0.5, 0.6) is 5.75 Å². The summed E-state index contributed by atoms with van der Waals surface area (Å²) in [5.74, 6) is 0.359. The van der Waals surface area contributed by atoms with Gasteiger partial charge >= 0.3 is 0 Å². The molecule has 0 bridgehead atoms. The van der Waals surface area contributed by atoms with E-state index in [4.69, 9.17) is 10.5 Å². The summed E-state index contributed by atoms with van der Waals surface area (Å²) in [4.78, 5) is 14.2. The molecule has 0 unspecified atom stereocenters. The Labute approximate surface area is 116 Å². The molecule has 1 amide bonds. The van der Waals surface area contributed by atoms with Gasteiger partial charge in [-0.2, -0.15) is 0 Å². The quantitative estimate of drug-likeness (QED) is 0.765. The Balaban J connectivity index is 2.15. The molecule has 0 saturated heterocycles. The minimum atomic E-state index is -0.458. The van der Waals surface area contributed by atoms with E-state index in [1.807, 2.05) is 42.5 Å². The Morgan fingerprint density at radius 3 is 2.70 bits per heavy atom. The predicted molar refractivity (Wildman–Crippen MR) is 78.8 cm³/mol. The second kappa shape index (κ2) is 4.74. The number of hydrogen-bond acceptors (Lipinski definition) is 2. The van der Waals surface area contributed by atoms with Crippen LogP contribution < -0.4 is 10.5 Å². The molecule has 0 spiro atoms. The number of rotatable bonds is 3. The first-order valence-corrected chi connectivity index (χ1v) is 6.25. The van der Waals surface area contributed by atoms with Crippen LogP contribution in [0.1, 0.15) is 10.5 Å².